The predicted octanol–water partition coefficient (Wildman–Crippen LogP) is 3.08. The van der Waals surface area contributed by atoms with Crippen LogP contribution in [0.2, 0.25) is 0 Å². The molecule has 0 radical (unpaired) electrons. The van der Waals surface area contributed by atoms with E-state index in [9.17, 15) is 20.0 Å². The molecule has 0 spiro atoms. The van der Waals surface area contributed by atoms with Gasteiger partial charge in [0.1, 0.15) is 23.9 Å². The average molecular weight is 402 g/mol. The summed E-state index contributed by atoms with van der Waals surface area (Å²) in [6.45, 7) is 0.698. The van der Waals surface area contributed by atoms with E-state index in [0.717, 1.165) is 0 Å². The third-order valence-electron chi connectivity index (χ3n) is 4.01. The quantitative estimate of drug-likeness (QED) is 0.252. The summed E-state index contributed by atoms with van der Waals surface area (Å²) >= 11 is 0. The van der Waals surface area contributed by atoms with Crippen molar-refractivity contribution in [3.8, 4) is 6.07 Å². The molecule has 0 bridgehead atoms. The Labute approximate surface area is 172 Å². The number of nitrogens with one attached hydrogen (secondary N) is 2. The van der Waals surface area contributed by atoms with Crippen molar-refractivity contribution in [2.24, 2.45) is 0 Å². The minimum Gasteiger partial charge on any atom is -0.507 e. The molecular weight excluding hydrogens is 384 g/mol. The number of para-hydroxylation sites is 2. The molecule has 0 unspecified atom stereocenters. The minimum absolute atomic E-state index is 0.0938. The second kappa shape index (κ2) is 9.21. The number of ether oxygens (including phenoxy) is 1. The number of aliphatic hydroxyl groups is 1. The molecule has 0 aliphatic carbocycles. The summed E-state index contributed by atoms with van der Waals surface area (Å²) in [5, 5.41) is 22.1. The molecule has 0 saturated carbocycles. The number of hydrogen-bond acceptors (Lipinski definition) is 6. The van der Waals surface area contributed by atoms with E-state index < -0.39 is 24.2 Å². The number of allylic oxidation sites excluding steroid dienone is 1. The normalized spacial score (nSPS) is 12.1. The van der Waals surface area contributed by atoms with Crippen LogP contribution in [-0.4, -0.2) is 33.6 Å². The number of nitriles is 1. The van der Waals surface area contributed by atoms with Gasteiger partial charge < -0.3 is 20.1 Å². The van der Waals surface area contributed by atoms with Crippen molar-refractivity contribution in [2.75, 3.05) is 6.61 Å². The summed E-state index contributed by atoms with van der Waals surface area (Å²) in [7, 11) is 0. The Morgan fingerprint density at radius 1 is 1.20 bits per heavy atom. The van der Waals surface area contributed by atoms with E-state index in [4.69, 9.17) is 4.74 Å². The van der Waals surface area contributed by atoms with Crippen LogP contribution in [0.5, 0.6) is 0 Å². The Morgan fingerprint density at radius 3 is 2.57 bits per heavy atom. The minimum atomic E-state index is -0.859. The number of benzene rings is 2. The van der Waals surface area contributed by atoms with Gasteiger partial charge >= 0.3 is 5.97 Å². The predicted molar refractivity (Wildman–Crippen MR) is 110 cm³/mol. The molecule has 0 atom stereocenters. The van der Waals surface area contributed by atoms with Gasteiger partial charge in [-0.15, -0.1) is 0 Å². The first-order chi connectivity index (χ1) is 14.5. The molecule has 0 saturated heterocycles. The molecule has 8 heteroatoms. The molecule has 0 aliphatic rings. The molecule has 3 aromatic rings. The lowest BCUT2D eigenvalue weighted by Gasteiger charge is -2.09. The van der Waals surface area contributed by atoms with Crippen molar-refractivity contribution in [1.29, 1.82) is 5.26 Å². The van der Waals surface area contributed by atoms with E-state index in [1.807, 2.05) is 18.2 Å². The highest BCUT2D eigenvalue weighted by Gasteiger charge is 2.17. The molecule has 1 amide bonds. The fourth-order valence-corrected chi connectivity index (χ4v) is 2.66. The largest absolute Gasteiger partial charge is 0.507 e. The van der Waals surface area contributed by atoms with Gasteiger partial charge in [0.05, 0.1) is 11.0 Å². The van der Waals surface area contributed by atoms with Crippen molar-refractivity contribution < 1.29 is 19.4 Å². The summed E-state index contributed by atoms with van der Waals surface area (Å²) in [4.78, 5) is 31.1. The van der Waals surface area contributed by atoms with E-state index in [0.29, 0.717) is 16.6 Å². The molecule has 150 valence electrons. The number of imidazole rings is 1. The van der Waals surface area contributed by atoms with Crippen molar-refractivity contribution in [2.45, 2.75) is 6.92 Å². The summed E-state index contributed by atoms with van der Waals surface area (Å²) in [6.07, 6.45) is 1.45. The van der Waals surface area contributed by atoms with Crippen molar-refractivity contribution in [3.05, 3.63) is 77.4 Å². The van der Waals surface area contributed by atoms with Gasteiger partial charge in [0.25, 0.3) is 0 Å². The molecule has 8 nitrogen and oxygen atoms in total. The van der Waals surface area contributed by atoms with Crippen molar-refractivity contribution in [3.63, 3.8) is 0 Å². The highest BCUT2D eigenvalue weighted by molar-refractivity contribution is 5.97. The number of nitrogens with zero attached hydrogens (tertiary/aromatic N) is 2. The molecule has 0 fully saturated rings. The van der Waals surface area contributed by atoms with Gasteiger partial charge in [0.15, 0.2) is 11.6 Å². The molecule has 1 aromatic heterocycles. The maximum atomic E-state index is 12.4. The van der Waals surface area contributed by atoms with E-state index in [2.05, 4.69) is 15.3 Å². The number of carbonyl (C=O) groups is 2. The third kappa shape index (κ3) is 4.91. The van der Waals surface area contributed by atoms with Gasteiger partial charge in [-0.1, -0.05) is 42.5 Å². The van der Waals surface area contributed by atoms with Crippen molar-refractivity contribution >= 4 is 34.6 Å². The Hall–Kier alpha value is -4.38. The highest BCUT2D eigenvalue weighted by atomic mass is 16.5. The van der Waals surface area contributed by atoms with Crippen LogP contribution >= 0.6 is 0 Å². The second-order valence-electron chi connectivity index (χ2n) is 6.26. The van der Waals surface area contributed by atoms with Crippen LogP contribution < -0.4 is 5.32 Å². The van der Waals surface area contributed by atoms with Crippen LogP contribution in [0.25, 0.3) is 22.7 Å². The number of aromatic nitrogens is 2. The van der Waals surface area contributed by atoms with Crippen LogP contribution in [-0.2, 0) is 14.3 Å². The number of aromatic amines is 1. The van der Waals surface area contributed by atoms with Crippen LogP contribution in [0.3, 0.4) is 0 Å². The maximum Gasteiger partial charge on any atom is 0.355 e. The van der Waals surface area contributed by atoms with Crippen molar-refractivity contribution in [1.82, 2.24) is 15.3 Å². The van der Waals surface area contributed by atoms with E-state index in [1.165, 1.54) is 13.0 Å². The first-order valence-corrected chi connectivity index (χ1v) is 8.96. The molecule has 2 aromatic carbocycles. The maximum absolute atomic E-state index is 12.4. The number of amides is 1. The van der Waals surface area contributed by atoms with Gasteiger partial charge in [-0.25, -0.2) is 9.78 Å². The number of H-pyrrole nitrogens is 1. The van der Waals surface area contributed by atoms with E-state index >= 15 is 0 Å². The van der Waals surface area contributed by atoms with Gasteiger partial charge in [0, 0.05) is 6.92 Å². The molecule has 3 N–H and O–H groups in total. The Balaban J connectivity index is 1.80. The number of carbonyl (C=O) groups excluding carboxylic acids is 2. The van der Waals surface area contributed by atoms with Crippen LogP contribution in [0.4, 0.5) is 0 Å². The Morgan fingerprint density at radius 2 is 1.90 bits per heavy atom. The van der Waals surface area contributed by atoms with E-state index in [1.54, 1.807) is 42.5 Å². The number of rotatable bonds is 6. The molecular formula is C22H18N4O4. The lowest BCUT2D eigenvalue weighted by Crippen LogP contribution is -2.26. The van der Waals surface area contributed by atoms with Gasteiger partial charge in [0.2, 0.25) is 5.91 Å². The average Bonchev–Trinajstić information content (AvgIpc) is 3.16. The van der Waals surface area contributed by atoms with Crippen LogP contribution in [0.1, 0.15) is 18.3 Å². The molecule has 30 heavy (non-hydrogen) atoms. The third-order valence-corrected chi connectivity index (χ3v) is 4.01. The Kier molecular flexibility index (Phi) is 6.25. The standard InChI is InChI=1S/C22H18N4O4/c1-14(27)24-19(11-15-7-3-2-4-8-15)22(29)30-13-20(28)16(12-23)21-25-17-9-5-6-10-18(17)26-21/h2-11,28H,13H2,1H3,(H,24,27)(H,25,26)/b19-11-,20-16-. The highest BCUT2D eigenvalue weighted by Crippen LogP contribution is 2.19. The van der Waals surface area contributed by atoms with Gasteiger partial charge in [-0.3, -0.25) is 4.79 Å². The molecule has 0 aliphatic heterocycles. The van der Waals surface area contributed by atoms with Gasteiger partial charge in [-0.05, 0) is 23.8 Å². The zero-order valence-electron chi connectivity index (χ0n) is 16.0. The monoisotopic (exact) mass is 402 g/mol. The number of hydrogen-bond donors (Lipinski definition) is 3. The molecule has 1 heterocycles. The van der Waals surface area contributed by atoms with E-state index in [-0.39, 0.29) is 17.1 Å². The summed E-state index contributed by atoms with van der Waals surface area (Å²) in [6, 6.07) is 17.9. The Bertz CT molecular complexity index is 1150. The smallest absolute Gasteiger partial charge is 0.355 e. The SMILES string of the molecule is CC(=O)N/C(=C\c1ccccc1)C(=O)OC/C(O)=C(\C#N)c1nc2ccccc2[nH]1. The number of aliphatic hydroxyl groups excluding tert-OH is 1. The lowest BCUT2D eigenvalue weighted by atomic mass is 10.2. The number of fused-ring (bicyclic) bond motifs is 1. The fraction of sp³-hybridized carbons (Fsp3) is 0.0909. The van der Waals surface area contributed by atoms with Crippen LogP contribution in [0, 0.1) is 11.3 Å². The molecule has 3 rings (SSSR count). The summed E-state index contributed by atoms with van der Waals surface area (Å²) in [5.74, 6) is -1.61. The fourth-order valence-electron chi connectivity index (χ4n) is 2.66. The first-order valence-electron chi connectivity index (χ1n) is 8.96. The van der Waals surface area contributed by atoms with Crippen LogP contribution in [0.15, 0.2) is 66.1 Å². The first kappa shape index (κ1) is 20.4. The number of esters is 1. The zero-order chi connectivity index (χ0) is 21.5. The summed E-state index contributed by atoms with van der Waals surface area (Å²) < 4.78 is 5.09. The summed E-state index contributed by atoms with van der Waals surface area (Å²) in [5.41, 5.74) is 1.77. The lowest BCUT2D eigenvalue weighted by molar-refractivity contribution is -0.140. The topological polar surface area (TPSA) is 128 Å². The zero-order valence-corrected chi connectivity index (χ0v) is 16.0. The second-order valence-corrected chi connectivity index (χ2v) is 6.26. The van der Waals surface area contributed by atoms with Gasteiger partial charge in [-0.2, -0.15) is 5.26 Å².